The Labute approximate surface area is 120 Å². The second-order valence-electron chi connectivity index (χ2n) is 4.33. The van der Waals surface area contributed by atoms with Crippen molar-refractivity contribution in [1.82, 2.24) is 9.97 Å². The SMILES string of the molecule is CCc1cccc2sc(NC(=O)c3ccncc3)nc12. The summed E-state index contributed by atoms with van der Waals surface area (Å²) in [5.41, 5.74) is 2.75. The number of rotatable bonds is 3. The quantitative estimate of drug-likeness (QED) is 0.800. The van der Waals surface area contributed by atoms with E-state index >= 15 is 0 Å². The topological polar surface area (TPSA) is 54.9 Å². The predicted octanol–water partition coefficient (Wildman–Crippen LogP) is 3.51. The molecule has 0 fully saturated rings. The monoisotopic (exact) mass is 283 g/mol. The number of anilines is 1. The van der Waals surface area contributed by atoms with Crippen LogP contribution in [0.2, 0.25) is 0 Å². The Morgan fingerprint density at radius 3 is 2.80 bits per heavy atom. The summed E-state index contributed by atoms with van der Waals surface area (Å²) < 4.78 is 1.09. The fraction of sp³-hybridized carbons (Fsp3) is 0.133. The maximum Gasteiger partial charge on any atom is 0.257 e. The number of amides is 1. The Kier molecular flexibility index (Phi) is 3.43. The van der Waals surface area contributed by atoms with Crippen molar-refractivity contribution in [2.75, 3.05) is 5.32 Å². The van der Waals surface area contributed by atoms with Crippen LogP contribution >= 0.6 is 11.3 Å². The lowest BCUT2D eigenvalue weighted by molar-refractivity contribution is 0.102. The van der Waals surface area contributed by atoms with Gasteiger partial charge >= 0.3 is 0 Å². The maximum absolute atomic E-state index is 12.1. The average molecular weight is 283 g/mol. The first-order valence-corrected chi connectivity index (χ1v) is 7.19. The van der Waals surface area contributed by atoms with Crippen molar-refractivity contribution in [2.45, 2.75) is 13.3 Å². The largest absolute Gasteiger partial charge is 0.298 e. The Hall–Kier alpha value is -2.27. The van der Waals surface area contributed by atoms with Gasteiger partial charge in [-0.2, -0.15) is 0 Å². The molecule has 1 aromatic carbocycles. The minimum Gasteiger partial charge on any atom is -0.298 e. The standard InChI is InChI=1S/C15H13N3OS/c1-2-10-4-3-5-12-13(10)17-15(20-12)18-14(19)11-6-8-16-9-7-11/h3-9H,2H2,1H3,(H,17,18,19). The van der Waals surface area contributed by atoms with Crippen molar-refractivity contribution in [3.8, 4) is 0 Å². The van der Waals surface area contributed by atoms with E-state index in [1.165, 1.54) is 16.9 Å². The molecule has 100 valence electrons. The van der Waals surface area contributed by atoms with E-state index in [1.807, 2.05) is 12.1 Å². The van der Waals surface area contributed by atoms with Crippen LogP contribution < -0.4 is 5.32 Å². The number of para-hydroxylation sites is 1. The van der Waals surface area contributed by atoms with Crippen LogP contribution in [0.5, 0.6) is 0 Å². The molecule has 0 aliphatic rings. The first kappa shape index (κ1) is 12.7. The Morgan fingerprint density at radius 1 is 1.25 bits per heavy atom. The van der Waals surface area contributed by atoms with E-state index in [0.29, 0.717) is 10.7 Å². The highest BCUT2D eigenvalue weighted by molar-refractivity contribution is 7.22. The number of nitrogens with zero attached hydrogens (tertiary/aromatic N) is 2. The number of carbonyl (C=O) groups excluding carboxylic acids is 1. The zero-order valence-electron chi connectivity index (χ0n) is 11.0. The molecule has 20 heavy (non-hydrogen) atoms. The van der Waals surface area contributed by atoms with Crippen LogP contribution in [0.4, 0.5) is 5.13 Å². The van der Waals surface area contributed by atoms with Gasteiger partial charge in [0.15, 0.2) is 5.13 Å². The molecule has 0 atom stereocenters. The summed E-state index contributed by atoms with van der Waals surface area (Å²) in [6, 6.07) is 9.47. The number of thiazole rings is 1. The fourth-order valence-electron chi connectivity index (χ4n) is 2.02. The van der Waals surface area contributed by atoms with Crippen molar-refractivity contribution >= 4 is 32.6 Å². The minimum absolute atomic E-state index is 0.162. The molecule has 1 amide bonds. The fourth-order valence-corrected chi connectivity index (χ4v) is 2.93. The molecule has 2 heterocycles. The highest BCUT2D eigenvalue weighted by Crippen LogP contribution is 2.28. The van der Waals surface area contributed by atoms with Crippen molar-refractivity contribution in [2.24, 2.45) is 0 Å². The van der Waals surface area contributed by atoms with Crippen LogP contribution in [-0.2, 0) is 6.42 Å². The molecule has 0 radical (unpaired) electrons. The zero-order valence-corrected chi connectivity index (χ0v) is 11.8. The Balaban J connectivity index is 1.90. The smallest absolute Gasteiger partial charge is 0.257 e. The molecule has 3 aromatic rings. The molecule has 0 aliphatic carbocycles. The van der Waals surface area contributed by atoms with Crippen molar-refractivity contribution < 1.29 is 4.79 Å². The lowest BCUT2D eigenvalue weighted by atomic mass is 10.1. The summed E-state index contributed by atoms with van der Waals surface area (Å²) in [5, 5.41) is 3.47. The zero-order chi connectivity index (χ0) is 13.9. The van der Waals surface area contributed by atoms with E-state index in [4.69, 9.17) is 0 Å². The molecule has 0 spiro atoms. The normalized spacial score (nSPS) is 10.7. The average Bonchev–Trinajstić information content (AvgIpc) is 2.90. The van der Waals surface area contributed by atoms with E-state index in [9.17, 15) is 4.79 Å². The summed E-state index contributed by atoms with van der Waals surface area (Å²) in [5.74, 6) is -0.162. The highest BCUT2D eigenvalue weighted by atomic mass is 32.1. The number of hydrogen-bond acceptors (Lipinski definition) is 4. The molecule has 0 saturated heterocycles. The number of aromatic nitrogens is 2. The Bertz CT molecular complexity index is 752. The maximum atomic E-state index is 12.1. The number of fused-ring (bicyclic) bond motifs is 1. The van der Waals surface area contributed by atoms with Gasteiger partial charge in [-0.1, -0.05) is 30.4 Å². The summed E-state index contributed by atoms with van der Waals surface area (Å²) in [6.07, 6.45) is 4.13. The molecule has 1 N–H and O–H groups in total. The lowest BCUT2D eigenvalue weighted by Gasteiger charge is -2.00. The first-order chi connectivity index (χ1) is 9.78. The Morgan fingerprint density at radius 2 is 2.05 bits per heavy atom. The van der Waals surface area contributed by atoms with Crippen LogP contribution in [0.15, 0.2) is 42.7 Å². The van der Waals surface area contributed by atoms with Gasteiger partial charge in [-0.15, -0.1) is 0 Å². The number of pyridine rings is 1. The summed E-state index contributed by atoms with van der Waals surface area (Å²) in [7, 11) is 0. The number of aryl methyl sites for hydroxylation is 1. The van der Waals surface area contributed by atoms with E-state index in [2.05, 4.69) is 28.3 Å². The van der Waals surface area contributed by atoms with Gasteiger partial charge in [0.1, 0.15) is 0 Å². The molecule has 0 bridgehead atoms. The van der Waals surface area contributed by atoms with E-state index in [1.54, 1.807) is 24.5 Å². The molecular formula is C15H13N3OS. The molecule has 0 aliphatic heterocycles. The van der Waals surface area contributed by atoms with Crippen LogP contribution in [0, 0.1) is 0 Å². The molecule has 4 nitrogen and oxygen atoms in total. The number of carbonyl (C=O) groups is 1. The third kappa shape index (κ3) is 2.40. The second kappa shape index (κ2) is 5.38. The summed E-state index contributed by atoms with van der Waals surface area (Å²) in [4.78, 5) is 20.5. The minimum atomic E-state index is -0.162. The van der Waals surface area contributed by atoms with Gasteiger partial charge in [-0.25, -0.2) is 4.98 Å². The van der Waals surface area contributed by atoms with E-state index in [-0.39, 0.29) is 5.91 Å². The molecule has 0 saturated carbocycles. The third-order valence-corrected chi connectivity index (χ3v) is 3.98. The van der Waals surface area contributed by atoms with Crippen molar-refractivity contribution in [1.29, 1.82) is 0 Å². The van der Waals surface area contributed by atoms with Crippen LogP contribution in [0.1, 0.15) is 22.8 Å². The van der Waals surface area contributed by atoms with Crippen LogP contribution in [0.25, 0.3) is 10.2 Å². The molecule has 0 unspecified atom stereocenters. The highest BCUT2D eigenvalue weighted by Gasteiger charge is 2.11. The summed E-state index contributed by atoms with van der Waals surface area (Å²) >= 11 is 1.49. The van der Waals surface area contributed by atoms with Gasteiger partial charge in [0.05, 0.1) is 10.2 Å². The van der Waals surface area contributed by atoms with Crippen molar-refractivity contribution in [3.63, 3.8) is 0 Å². The lowest BCUT2D eigenvalue weighted by Crippen LogP contribution is -2.11. The van der Waals surface area contributed by atoms with Gasteiger partial charge in [0.25, 0.3) is 5.91 Å². The van der Waals surface area contributed by atoms with Gasteiger partial charge in [0.2, 0.25) is 0 Å². The van der Waals surface area contributed by atoms with E-state index in [0.717, 1.165) is 16.6 Å². The third-order valence-electron chi connectivity index (χ3n) is 3.05. The van der Waals surface area contributed by atoms with Gasteiger partial charge in [0, 0.05) is 18.0 Å². The number of hydrogen-bond donors (Lipinski definition) is 1. The van der Waals surface area contributed by atoms with Crippen LogP contribution in [-0.4, -0.2) is 15.9 Å². The van der Waals surface area contributed by atoms with Crippen molar-refractivity contribution in [3.05, 3.63) is 53.9 Å². The number of nitrogens with one attached hydrogen (secondary N) is 1. The van der Waals surface area contributed by atoms with Gasteiger partial charge in [-0.3, -0.25) is 15.1 Å². The molecule has 5 heteroatoms. The van der Waals surface area contributed by atoms with Gasteiger partial charge in [-0.05, 0) is 30.2 Å². The number of benzene rings is 1. The van der Waals surface area contributed by atoms with Crippen LogP contribution in [0.3, 0.4) is 0 Å². The molecule has 3 rings (SSSR count). The van der Waals surface area contributed by atoms with E-state index < -0.39 is 0 Å². The van der Waals surface area contributed by atoms with Gasteiger partial charge < -0.3 is 0 Å². The first-order valence-electron chi connectivity index (χ1n) is 6.37. The molecule has 2 aromatic heterocycles. The molecular weight excluding hydrogens is 270 g/mol. The second-order valence-corrected chi connectivity index (χ2v) is 5.36. The predicted molar refractivity (Wildman–Crippen MR) is 81.2 cm³/mol. The summed E-state index contributed by atoms with van der Waals surface area (Å²) in [6.45, 7) is 2.10.